The Labute approximate surface area is 102 Å². The van der Waals surface area contributed by atoms with Crippen LogP contribution in [0.1, 0.15) is 24.8 Å². The first-order valence-electron chi connectivity index (χ1n) is 5.78. The summed E-state index contributed by atoms with van der Waals surface area (Å²) in [6.45, 7) is 1.57. The van der Waals surface area contributed by atoms with Crippen LogP contribution in [0.2, 0.25) is 0 Å². The first-order chi connectivity index (χ1) is 8.24. The second kappa shape index (κ2) is 7.68. The van der Waals surface area contributed by atoms with Crippen molar-refractivity contribution in [3.63, 3.8) is 0 Å². The molecule has 0 aliphatic carbocycles. The summed E-state index contributed by atoms with van der Waals surface area (Å²) >= 11 is 0. The Morgan fingerprint density at radius 3 is 2.82 bits per heavy atom. The molecule has 0 saturated heterocycles. The van der Waals surface area contributed by atoms with Crippen molar-refractivity contribution in [2.75, 3.05) is 13.7 Å². The van der Waals surface area contributed by atoms with Crippen molar-refractivity contribution in [1.29, 1.82) is 0 Å². The van der Waals surface area contributed by atoms with E-state index in [0.29, 0.717) is 6.42 Å². The molecule has 0 aliphatic heterocycles. The zero-order valence-corrected chi connectivity index (χ0v) is 10.1. The van der Waals surface area contributed by atoms with Crippen molar-refractivity contribution in [2.45, 2.75) is 25.8 Å². The molecule has 0 amide bonds. The average Bonchev–Trinajstić information content (AvgIpc) is 2.33. The van der Waals surface area contributed by atoms with Gasteiger partial charge in [-0.05, 0) is 25.5 Å². The molecule has 2 N–H and O–H groups in total. The number of carboxylic acids is 1. The van der Waals surface area contributed by atoms with Gasteiger partial charge in [-0.25, -0.2) is 0 Å². The number of unbranched alkanes of at least 4 members (excludes halogenated alkanes) is 1. The molecular weight excluding hydrogens is 218 g/mol. The van der Waals surface area contributed by atoms with Gasteiger partial charge in [0.25, 0.3) is 0 Å². The van der Waals surface area contributed by atoms with Crippen molar-refractivity contribution >= 4 is 5.97 Å². The van der Waals surface area contributed by atoms with Crippen molar-refractivity contribution in [3.05, 3.63) is 29.8 Å². The van der Waals surface area contributed by atoms with Crippen molar-refractivity contribution in [1.82, 2.24) is 5.32 Å². The molecule has 0 spiro atoms. The summed E-state index contributed by atoms with van der Waals surface area (Å²) in [6.07, 6.45) is 1.84. The van der Waals surface area contributed by atoms with Crippen LogP contribution >= 0.6 is 0 Å². The summed E-state index contributed by atoms with van der Waals surface area (Å²) in [4.78, 5) is 10.3. The fraction of sp³-hybridized carbons (Fsp3) is 0.462. The van der Waals surface area contributed by atoms with Crippen molar-refractivity contribution in [2.24, 2.45) is 0 Å². The highest BCUT2D eigenvalue weighted by molar-refractivity contribution is 5.66. The molecule has 0 unspecified atom stereocenters. The fourth-order valence-electron chi connectivity index (χ4n) is 1.60. The molecule has 0 aromatic heterocycles. The third-order valence-corrected chi connectivity index (χ3v) is 2.50. The highest BCUT2D eigenvalue weighted by Crippen LogP contribution is 2.16. The Balaban J connectivity index is 2.19. The molecule has 17 heavy (non-hydrogen) atoms. The summed E-state index contributed by atoms with van der Waals surface area (Å²) in [5, 5.41) is 11.8. The van der Waals surface area contributed by atoms with E-state index in [1.54, 1.807) is 7.11 Å². The SMILES string of the molecule is COc1ccccc1CNCCCCC(=O)O. The predicted molar refractivity (Wildman–Crippen MR) is 66.2 cm³/mol. The van der Waals surface area contributed by atoms with Gasteiger partial charge in [-0.2, -0.15) is 0 Å². The highest BCUT2D eigenvalue weighted by Gasteiger charge is 2.00. The maximum Gasteiger partial charge on any atom is 0.303 e. The lowest BCUT2D eigenvalue weighted by molar-refractivity contribution is -0.137. The summed E-state index contributed by atoms with van der Waals surface area (Å²) < 4.78 is 5.24. The van der Waals surface area contributed by atoms with E-state index in [2.05, 4.69) is 5.32 Å². The molecular formula is C13H19NO3. The average molecular weight is 237 g/mol. The minimum Gasteiger partial charge on any atom is -0.496 e. The Morgan fingerprint density at radius 1 is 1.35 bits per heavy atom. The van der Waals surface area contributed by atoms with Gasteiger partial charge in [0.1, 0.15) is 5.75 Å². The van der Waals surface area contributed by atoms with E-state index < -0.39 is 5.97 Å². The lowest BCUT2D eigenvalue weighted by Gasteiger charge is -2.08. The first kappa shape index (κ1) is 13.5. The lowest BCUT2D eigenvalue weighted by atomic mass is 10.2. The van der Waals surface area contributed by atoms with Crippen LogP contribution in [0.4, 0.5) is 0 Å². The van der Waals surface area contributed by atoms with Crippen molar-refractivity contribution in [3.8, 4) is 5.75 Å². The molecule has 0 bridgehead atoms. The van der Waals surface area contributed by atoms with Crippen LogP contribution in [-0.4, -0.2) is 24.7 Å². The number of carbonyl (C=O) groups is 1. The summed E-state index contributed by atoms with van der Waals surface area (Å²) in [6, 6.07) is 7.86. The van der Waals surface area contributed by atoms with Gasteiger partial charge < -0.3 is 15.2 Å². The van der Waals surface area contributed by atoms with Crippen LogP contribution in [0.3, 0.4) is 0 Å². The monoisotopic (exact) mass is 237 g/mol. The zero-order chi connectivity index (χ0) is 12.5. The zero-order valence-electron chi connectivity index (χ0n) is 10.1. The number of nitrogens with one attached hydrogen (secondary N) is 1. The quantitative estimate of drug-likeness (QED) is 0.679. The molecule has 4 heteroatoms. The number of para-hydroxylation sites is 1. The Morgan fingerprint density at radius 2 is 2.12 bits per heavy atom. The smallest absolute Gasteiger partial charge is 0.303 e. The van der Waals surface area contributed by atoms with Gasteiger partial charge in [-0.15, -0.1) is 0 Å². The lowest BCUT2D eigenvalue weighted by Crippen LogP contribution is -2.15. The number of benzene rings is 1. The minimum atomic E-state index is -0.727. The normalized spacial score (nSPS) is 10.2. The molecule has 0 atom stereocenters. The van der Waals surface area contributed by atoms with E-state index in [0.717, 1.165) is 30.8 Å². The summed E-state index contributed by atoms with van der Waals surface area (Å²) in [7, 11) is 1.66. The third-order valence-electron chi connectivity index (χ3n) is 2.50. The van der Waals surface area contributed by atoms with Crippen LogP contribution in [0.5, 0.6) is 5.75 Å². The molecule has 1 aromatic rings. The van der Waals surface area contributed by atoms with Crippen LogP contribution in [0.25, 0.3) is 0 Å². The molecule has 0 heterocycles. The van der Waals surface area contributed by atoms with Gasteiger partial charge in [0.2, 0.25) is 0 Å². The minimum absolute atomic E-state index is 0.246. The Hall–Kier alpha value is -1.55. The largest absolute Gasteiger partial charge is 0.496 e. The first-order valence-corrected chi connectivity index (χ1v) is 5.78. The van der Waals surface area contributed by atoms with Gasteiger partial charge in [0.15, 0.2) is 0 Å². The van der Waals surface area contributed by atoms with E-state index >= 15 is 0 Å². The van der Waals surface area contributed by atoms with Crippen LogP contribution < -0.4 is 10.1 Å². The number of aliphatic carboxylic acids is 1. The number of hydrogen-bond acceptors (Lipinski definition) is 3. The van der Waals surface area contributed by atoms with Gasteiger partial charge in [0, 0.05) is 18.5 Å². The molecule has 94 valence electrons. The molecule has 1 aromatic carbocycles. The van der Waals surface area contributed by atoms with E-state index in [4.69, 9.17) is 9.84 Å². The van der Waals surface area contributed by atoms with Gasteiger partial charge in [-0.1, -0.05) is 18.2 Å². The predicted octanol–water partition coefficient (Wildman–Crippen LogP) is 2.04. The second-order valence-corrected chi connectivity index (χ2v) is 3.84. The number of rotatable bonds is 8. The van der Waals surface area contributed by atoms with E-state index in [1.807, 2.05) is 24.3 Å². The van der Waals surface area contributed by atoms with E-state index in [1.165, 1.54) is 0 Å². The third kappa shape index (κ3) is 5.36. The number of hydrogen-bond donors (Lipinski definition) is 2. The molecule has 0 aliphatic rings. The van der Waals surface area contributed by atoms with Crippen LogP contribution in [0.15, 0.2) is 24.3 Å². The second-order valence-electron chi connectivity index (χ2n) is 3.84. The molecule has 0 saturated carbocycles. The summed E-state index contributed by atoms with van der Waals surface area (Å²) in [5.41, 5.74) is 1.12. The molecule has 4 nitrogen and oxygen atoms in total. The van der Waals surface area contributed by atoms with E-state index in [-0.39, 0.29) is 6.42 Å². The standard InChI is InChI=1S/C13H19NO3/c1-17-12-7-3-2-6-11(12)10-14-9-5-4-8-13(15)16/h2-3,6-7,14H,4-5,8-10H2,1H3,(H,15,16). The van der Waals surface area contributed by atoms with Crippen LogP contribution in [-0.2, 0) is 11.3 Å². The molecule has 0 fully saturated rings. The molecule has 1 rings (SSSR count). The maximum absolute atomic E-state index is 10.3. The Bertz CT molecular complexity index is 352. The highest BCUT2D eigenvalue weighted by atomic mass is 16.5. The fourth-order valence-corrected chi connectivity index (χ4v) is 1.60. The topological polar surface area (TPSA) is 58.6 Å². The number of ether oxygens (including phenoxy) is 1. The van der Waals surface area contributed by atoms with Gasteiger partial charge in [-0.3, -0.25) is 4.79 Å². The van der Waals surface area contributed by atoms with Gasteiger partial charge >= 0.3 is 5.97 Å². The number of methoxy groups -OCH3 is 1. The van der Waals surface area contributed by atoms with Gasteiger partial charge in [0.05, 0.1) is 7.11 Å². The van der Waals surface area contributed by atoms with E-state index in [9.17, 15) is 4.79 Å². The Kier molecular flexibility index (Phi) is 6.10. The number of carboxylic acid groups (broad SMARTS) is 1. The summed E-state index contributed by atoms with van der Waals surface area (Å²) in [5.74, 6) is 0.153. The maximum atomic E-state index is 10.3. The van der Waals surface area contributed by atoms with Crippen molar-refractivity contribution < 1.29 is 14.6 Å². The van der Waals surface area contributed by atoms with Crippen LogP contribution in [0, 0.1) is 0 Å². The molecule has 0 radical (unpaired) electrons.